The van der Waals surface area contributed by atoms with E-state index in [1.807, 2.05) is 0 Å². The van der Waals surface area contributed by atoms with Gasteiger partial charge in [0, 0.05) is 13.0 Å². The first-order chi connectivity index (χ1) is 9.10. The minimum atomic E-state index is -0.827. The van der Waals surface area contributed by atoms with Crippen LogP contribution in [0.1, 0.15) is 30.6 Å². The van der Waals surface area contributed by atoms with Crippen molar-refractivity contribution in [1.82, 2.24) is 5.32 Å². The molecular weight excluding hydrogens is 286 g/mol. The lowest BCUT2D eigenvalue weighted by Crippen LogP contribution is -3.11. The van der Waals surface area contributed by atoms with Crippen LogP contribution >= 0.6 is 0 Å². The zero-order chi connectivity index (χ0) is 14.3. The number of benzene rings is 1. The normalized spacial score (nSPS) is 10.2. The fourth-order valence-electron chi connectivity index (χ4n) is 1.95. The maximum Gasteiger partial charge on any atom is 0.257 e. The van der Waals surface area contributed by atoms with Crippen LogP contribution in [-0.4, -0.2) is 32.1 Å². The summed E-state index contributed by atoms with van der Waals surface area (Å²) in [6, 6.07) is 3.40. The summed E-state index contributed by atoms with van der Waals surface area (Å²) in [7, 11) is 0. The molecule has 0 bridgehead atoms. The summed E-state index contributed by atoms with van der Waals surface area (Å²) in [5.41, 5.74) is -0.502. The second kappa shape index (κ2) is 9.66. The molecular formula is C14H21ClF2N2O. The third kappa shape index (κ3) is 5.43. The molecule has 0 spiro atoms. The van der Waals surface area contributed by atoms with Crippen molar-refractivity contribution in [3.05, 3.63) is 35.4 Å². The molecule has 0 fully saturated rings. The van der Waals surface area contributed by atoms with Gasteiger partial charge in [0.15, 0.2) is 0 Å². The Morgan fingerprint density at radius 1 is 1.20 bits per heavy atom. The number of carbonyl (C=O) groups excluding carboxylic acids is 1. The van der Waals surface area contributed by atoms with Crippen molar-refractivity contribution >= 4 is 5.91 Å². The van der Waals surface area contributed by atoms with Gasteiger partial charge in [-0.3, -0.25) is 4.79 Å². The Bertz CT molecular complexity index is 405. The Hall–Kier alpha value is -1.20. The summed E-state index contributed by atoms with van der Waals surface area (Å²) in [5.74, 6) is -2.34. The van der Waals surface area contributed by atoms with Crippen molar-refractivity contribution in [3.63, 3.8) is 0 Å². The van der Waals surface area contributed by atoms with Crippen LogP contribution in [0.2, 0.25) is 0 Å². The predicted octanol–water partition coefficient (Wildman–Crippen LogP) is -1.99. The topological polar surface area (TPSA) is 33.5 Å². The molecule has 0 heterocycles. The highest BCUT2D eigenvalue weighted by molar-refractivity contribution is 5.94. The smallest absolute Gasteiger partial charge is 0.257 e. The lowest BCUT2D eigenvalue weighted by atomic mass is 10.2. The van der Waals surface area contributed by atoms with Crippen LogP contribution < -0.4 is 22.6 Å². The van der Waals surface area contributed by atoms with Gasteiger partial charge in [-0.05, 0) is 26.0 Å². The first kappa shape index (κ1) is 18.8. The van der Waals surface area contributed by atoms with Gasteiger partial charge in [-0.25, -0.2) is 8.78 Å². The molecule has 0 atom stereocenters. The van der Waals surface area contributed by atoms with Crippen LogP contribution in [0.15, 0.2) is 18.2 Å². The number of halogens is 3. The molecule has 0 saturated heterocycles. The van der Waals surface area contributed by atoms with Crippen LogP contribution in [0.5, 0.6) is 0 Å². The van der Waals surface area contributed by atoms with Gasteiger partial charge in [0.1, 0.15) is 17.2 Å². The average Bonchev–Trinajstić information content (AvgIpc) is 2.38. The minimum Gasteiger partial charge on any atom is -1.00 e. The molecule has 0 aliphatic carbocycles. The van der Waals surface area contributed by atoms with E-state index in [1.54, 1.807) is 0 Å². The number of hydrogen-bond donors (Lipinski definition) is 2. The molecule has 0 aliphatic rings. The average molecular weight is 307 g/mol. The highest BCUT2D eigenvalue weighted by atomic mass is 35.5. The number of carbonyl (C=O) groups is 1. The summed E-state index contributed by atoms with van der Waals surface area (Å²) in [6.45, 7) is 7.64. The Labute approximate surface area is 124 Å². The summed E-state index contributed by atoms with van der Waals surface area (Å²) < 4.78 is 26.7. The van der Waals surface area contributed by atoms with Crippen molar-refractivity contribution in [2.75, 3.05) is 26.2 Å². The van der Waals surface area contributed by atoms with Gasteiger partial charge in [0.2, 0.25) is 0 Å². The van der Waals surface area contributed by atoms with Crippen molar-refractivity contribution in [3.8, 4) is 0 Å². The number of amides is 1. The quantitative estimate of drug-likeness (QED) is 0.562. The molecule has 0 radical (unpaired) electrons. The highest BCUT2D eigenvalue weighted by Crippen LogP contribution is 2.11. The van der Waals surface area contributed by atoms with E-state index in [9.17, 15) is 13.6 Å². The first-order valence-electron chi connectivity index (χ1n) is 6.65. The molecule has 114 valence electrons. The molecule has 0 saturated carbocycles. The molecule has 1 aromatic carbocycles. The molecule has 0 unspecified atom stereocenters. The Morgan fingerprint density at radius 2 is 1.75 bits per heavy atom. The fourth-order valence-corrected chi connectivity index (χ4v) is 1.95. The molecule has 1 aromatic rings. The minimum absolute atomic E-state index is 0. The third-order valence-corrected chi connectivity index (χ3v) is 3.18. The maximum atomic E-state index is 13.3. The van der Waals surface area contributed by atoms with Crippen molar-refractivity contribution < 1.29 is 30.9 Å². The summed E-state index contributed by atoms with van der Waals surface area (Å²) in [6.07, 6.45) is 0.791. The zero-order valence-corrected chi connectivity index (χ0v) is 12.6. The van der Waals surface area contributed by atoms with Crippen molar-refractivity contribution in [2.45, 2.75) is 20.3 Å². The standard InChI is InChI=1S/C14H20F2N2O.ClH/c1-3-18(4-2)10-6-9-17-14(19)13-11(15)7-5-8-12(13)16;/h5,7-8H,3-4,6,9-10H2,1-2H3,(H,17,19);1H. The lowest BCUT2D eigenvalue weighted by molar-refractivity contribution is -0.896. The van der Waals surface area contributed by atoms with Gasteiger partial charge in [0.25, 0.3) is 5.91 Å². The zero-order valence-electron chi connectivity index (χ0n) is 11.8. The van der Waals surface area contributed by atoms with Gasteiger partial charge in [-0.15, -0.1) is 0 Å². The van der Waals surface area contributed by atoms with Crippen molar-refractivity contribution in [1.29, 1.82) is 0 Å². The molecule has 0 aliphatic heterocycles. The van der Waals surface area contributed by atoms with Gasteiger partial charge in [0.05, 0.1) is 19.6 Å². The van der Waals surface area contributed by atoms with E-state index in [-0.39, 0.29) is 12.4 Å². The van der Waals surface area contributed by atoms with Crippen LogP contribution in [0, 0.1) is 11.6 Å². The van der Waals surface area contributed by atoms with E-state index in [0.717, 1.165) is 38.2 Å². The monoisotopic (exact) mass is 306 g/mol. The van der Waals surface area contributed by atoms with Gasteiger partial charge < -0.3 is 22.6 Å². The maximum absolute atomic E-state index is 13.3. The molecule has 6 heteroatoms. The fraction of sp³-hybridized carbons (Fsp3) is 0.500. The van der Waals surface area contributed by atoms with Gasteiger partial charge in [-0.2, -0.15) is 0 Å². The van der Waals surface area contributed by atoms with E-state index < -0.39 is 23.1 Å². The number of rotatable bonds is 7. The highest BCUT2D eigenvalue weighted by Gasteiger charge is 2.16. The number of hydrogen-bond acceptors (Lipinski definition) is 1. The van der Waals surface area contributed by atoms with E-state index in [0.29, 0.717) is 6.54 Å². The number of nitrogens with one attached hydrogen (secondary N) is 2. The van der Waals surface area contributed by atoms with Crippen LogP contribution in [0.25, 0.3) is 0 Å². The van der Waals surface area contributed by atoms with E-state index in [2.05, 4.69) is 19.2 Å². The van der Waals surface area contributed by atoms with Crippen LogP contribution in [0.4, 0.5) is 8.78 Å². The van der Waals surface area contributed by atoms with E-state index in [1.165, 1.54) is 11.0 Å². The Kier molecular flexibility index (Phi) is 9.08. The Balaban J connectivity index is 0.00000361. The molecule has 0 aromatic heterocycles. The molecule has 1 amide bonds. The summed E-state index contributed by atoms with van der Waals surface area (Å²) in [5, 5.41) is 2.55. The molecule has 20 heavy (non-hydrogen) atoms. The van der Waals surface area contributed by atoms with E-state index >= 15 is 0 Å². The van der Waals surface area contributed by atoms with E-state index in [4.69, 9.17) is 0 Å². The van der Waals surface area contributed by atoms with Crippen LogP contribution in [0.3, 0.4) is 0 Å². The predicted molar refractivity (Wildman–Crippen MR) is 70.2 cm³/mol. The first-order valence-corrected chi connectivity index (χ1v) is 6.65. The summed E-state index contributed by atoms with van der Waals surface area (Å²) >= 11 is 0. The molecule has 2 N–H and O–H groups in total. The van der Waals surface area contributed by atoms with Gasteiger partial charge >= 0.3 is 0 Å². The third-order valence-electron chi connectivity index (χ3n) is 3.18. The molecule has 1 rings (SSSR count). The van der Waals surface area contributed by atoms with Gasteiger partial charge in [-0.1, -0.05) is 6.07 Å². The second-order valence-electron chi connectivity index (χ2n) is 4.41. The largest absolute Gasteiger partial charge is 1.00 e. The number of quaternary nitrogens is 1. The second-order valence-corrected chi connectivity index (χ2v) is 4.41. The lowest BCUT2D eigenvalue weighted by Gasteiger charge is -2.15. The SMILES string of the molecule is CC[NH+](CC)CCCNC(=O)c1c(F)cccc1F.[Cl-]. The molecule has 3 nitrogen and oxygen atoms in total. The van der Waals surface area contributed by atoms with Crippen molar-refractivity contribution in [2.24, 2.45) is 0 Å². The Morgan fingerprint density at radius 3 is 2.25 bits per heavy atom. The summed E-state index contributed by atoms with van der Waals surface area (Å²) in [4.78, 5) is 13.1. The van der Waals surface area contributed by atoms with Crippen LogP contribution in [-0.2, 0) is 0 Å².